The molecule has 3 rings (SSSR count). The lowest BCUT2D eigenvalue weighted by Crippen LogP contribution is -2.06. The molecule has 3 aromatic rings. The minimum atomic E-state index is 0.836. The molecule has 0 aliphatic heterocycles. The highest BCUT2D eigenvalue weighted by atomic mass is 15.2. The molecule has 0 radical (unpaired) electrons. The molecule has 5 heteroatoms. The highest BCUT2D eigenvalue weighted by Crippen LogP contribution is 2.12. The molecular weight excluding hydrogens is 262 g/mol. The molecule has 1 aromatic carbocycles. The van der Waals surface area contributed by atoms with Crippen LogP contribution in [0.2, 0.25) is 0 Å². The Morgan fingerprint density at radius 1 is 1.14 bits per heavy atom. The van der Waals surface area contributed by atoms with E-state index in [0.29, 0.717) is 0 Å². The molecule has 0 bridgehead atoms. The monoisotopic (exact) mass is 281 g/mol. The van der Waals surface area contributed by atoms with Crippen molar-refractivity contribution in [3.8, 4) is 0 Å². The number of aromatic amines is 1. The van der Waals surface area contributed by atoms with Gasteiger partial charge >= 0.3 is 0 Å². The van der Waals surface area contributed by atoms with Crippen molar-refractivity contribution in [1.29, 1.82) is 0 Å². The van der Waals surface area contributed by atoms with Crippen LogP contribution in [0.5, 0.6) is 0 Å². The summed E-state index contributed by atoms with van der Waals surface area (Å²) in [5, 5.41) is 11.5. The Kier molecular flexibility index (Phi) is 3.81. The zero-order valence-corrected chi connectivity index (χ0v) is 12.3. The Bertz CT molecular complexity index is 714. The summed E-state index contributed by atoms with van der Waals surface area (Å²) in [6.07, 6.45) is 1.91. The number of aryl methyl sites for hydroxylation is 3. The number of H-pyrrole nitrogens is 1. The lowest BCUT2D eigenvalue weighted by molar-refractivity contribution is 0.812. The molecule has 0 spiro atoms. The summed E-state index contributed by atoms with van der Waals surface area (Å²) >= 11 is 0. The summed E-state index contributed by atoms with van der Waals surface area (Å²) in [5.74, 6) is 1.87. The number of hydrogen-bond acceptors (Lipinski definition) is 4. The Labute approximate surface area is 123 Å². The molecule has 0 unspecified atom stereocenters. The third kappa shape index (κ3) is 3.18. The van der Waals surface area contributed by atoms with E-state index < -0.39 is 0 Å². The van der Waals surface area contributed by atoms with Gasteiger partial charge in [-0.25, -0.2) is 4.98 Å². The van der Waals surface area contributed by atoms with Crippen molar-refractivity contribution in [2.24, 2.45) is 0 Å². The summed E-state index contributed by atoms with van der Waals surface area (Å²) in [6.45, 7) is 4.87. The highest BCUT2D eigenvalue weighted by molar-refractivity contribution is 5.74. The van der Waals surface area contributed by atoms with E-state index in [2.05, 4.69) is 31.5 Å². The Morgan fingerprint density at radius 3 is 2.81 bits per heavy atom. The molecule has 0 aliphatic rings. The summed E-state index contributed by atoms with van der Waals surface area (Å²) < 4.78 is 0. The summed E-state index contributed by atoms with van der Waals surface area (Å²) in [4.78, 5) is 7.92. The lowest BCUT2D eigenvalue weighted by atomic mass is 10.2. The van der Waals surface area contributed by atoms with E-state index in [4.69, 9.17) is 0 Å². The molecule has 0 saturated carbocycles. The van der Waals surface area contributed by atoms with Crippen LogP contribution in [0.15, 0.2) is 30.3 Å². The smallest absolute Gasteiger partial charge is 0.148 e. The first kappa shape index (κ1) is 13.5. The van der Waals surface area contributed by atoms with Crippen molar-refractivity contribution in [2.75, 3.05) is 11.9 Å². The number of nitrogens with one attached hydrogen (secondary N) is 2. The number of fused-ring (bicyclic) bond motifs is 1. The van der Waals surface area contributed by atoms with Gasteiger partial charge in [0.25, 0.3) is 0 Å². The minimum absolute atomic E-state index is 0.836. The van der Waals surface area contributed by atoms with E-state index in [1.54, 1.807) is 0 Å². The minimum Gasteiger partial charge on any atom is -0.369 e. The number of hydrogen-bond donors (Lipinski definition) is 2. The maximum Gasteiger partial charge on any atom is 0.148 e. The predicted octanol–water partition coefficient (Wildman–Crippen LogP) is 3.01. The largest absolute Gasteiger partial charge is 0.369 e. The van der Waals surface area contributed by atoms with Crippen LogP contribution in [-0.2, 0) is 6.42 Å². The van der Waals surface area contributed by atoms with Crippen LogP contribution in [0, 0.1) is 13.8 Å². The number of nitrogens with zero attached hydrogens (tertiary/aromatic N) is 3. The molecule has 2 heterocycles. The molecule has 108 valence electrons. The Morgan fingerprint density at radius 2 is 2.00 bits per heavy atom. The van der Waals surface area contributed by atoms with Gasteiger partial charge in [-0.2, -0.15) is 5.10 Å². The Hall–Kier alpha value is -2.43. The maximum atomic E-state index is 4.57. The molecule has 2 N–H and O–H groups in total. The van der Waals surface area contributed by atoms with Gasteiger partial charge in [0.2, 0.25) is 0 Å². The van der Waals surface area contributed by atoms with E-state index >= 15 is 0 Å². The molecule has 5 nitrogen and oxygen atoms in total. The molecule has 0 atom stereocenters. The van der Waals surface area contributed by atoms with Gasteiger partial charge in [0.15, 0.2) is 0 Å². The van der Waals surface area contributed by atoms with Crippen molar-refractivity contribution >= 4 is 16.9 Å². The van der Waals surface area contributed by atoms with Gasteiger partial charge in [-0.15, -0.1) is 5.10 Å². The van der Waals surface area contributed by atoms with Gasteiger partial charge in [0.1, 0.15) is 11.6 Å². The van der Waals surface area contributed by atoms with Crippen LogP contribution in [0.4, 0.5) is 5.82 Å². The first-order chi connectivity index (χ1) is 10.2. The quantitative estimate of drug-likeness (QED) is 0.705. The standard InChI is InChI=1S/C16H19N5/c1-11-10-16(21-20-12(11)2)17-9-5-8-15-18-13-6-3-4-7-14(13)19-15/h3-4,6-7,10H,5,8-9H2,1-2H3,(H,17,21)(H,18,19). The van der Waals surface area contributed by atoms with Crippen molar-refractivity contribution in [2.45, 2.75) is 26.7 Å². The van der Waals surface area contributed by atoms with Gasteiger partial charge < -0.3 is 10.3 Å². The molecule has 0 fully saturated rings. The number of imidazole rings is 1. The fourth-order valence-electron chi connectivity index (χ4n) is 2.23. The van der Waals surface area contributed by atoms with Crippen molar-refractivity contribution in [3.05, 3.63) is 47.4 Å². The summed E-state index contributed by atoms with van der Waals surface area (Å²) in [6, 6.07) is 10.1. The topological polar surface area (TPSA) is 66.5 Å². The zero-order valence-electron chi connectivity index (χ0n) is 12.3. The predicted molar refractivity (Wildman–Crippen MR) is 84.4 cm³/mol. The van der Waals surface area contributed by atoms with Crippen molar-refractivity contribution in [1.82, 2.24) is 20.2 Å². The molecule has 0 amide bonds. The van der Waals surface area contributed by atoms with E-state index in [9.17, 15) is 0 Å². The van der Waals surface area contributed by atoms with Crippen LogP contribution in [0.25, 0.3) is 11.0 Å². The van der Waals surface area contributed by atoms with Crippen LogP contribution in [-0.4, -0.2) is 26.7 Å². The SMILES string of the molecule is Cc1cc(NCCCc2nc3ccccc3[nH]2)nnc1C. The van der Waals surface area contributed by atoms with Gasteiger partial charge in [0, 0.05) is 13.0 Å². The average Bonchev–Trinajstić information content (AvgIpc) is 2.90. The summed E-state index contributed by atoms with van der Waals surface area (Å²) in [7, 11) is 0. The second kappa shape index (κ2) is 5.91. The molecular formula is C16H19N5. The third-order valence-corrected chi connectivity index (χ3v) is 3.57. The fourth-order valence-corrected chi connectivity index (χ4v) is 2.23. The molecule has 2 aromatic heterocycles. The average molecular weight is 281 g/mol. The second-order valence-electron chi connectivity index (χ2n) is 5.23. The first-order valence-corrected chi connectivity index (χ1v) is 7.21. The van der Waals surface area contributed by atoms with E-state index in [0.717, 1.165) is 53.3 Å². The molecule has 21 heavy (non-hydrogen) atoms. The molecule has 0 aliphatic carbocycles. The number of rotatable bonds is 5. The van der Waals surface area contributed by atoms with Crippen LogP contribution in [0.1, 0.15) is 23.5 Å². The van der Waals surface area contributed by atoms with Crippen LogP contribution >= 0.6 is 0 Å². The fraction of sp³-hybridized carbons (Fsp3) is 0.312. The second-order valence-corrected chi connectivity index (χ2v) is 5.23. The molecule has 0 saturated heterocycles. The number of benzene rings is 1. The van der Waals surface area contributed by atoms with Crippen molar-refractivity contribution in [3.63, 3.8) is 0 Å². The third-order valence-electron chi connectivity index (χ3n) is 3.57. The highest BCUT2D eigenvalue weighted by Gasteiger charge is 2.02. The number of para-hydroxylation sites is 2. The van der Waals surface area contributed by atoms with Gasteiger partial charge in [-0.05, 0) is 44.0 Å². The van der Waals surface area contributed by atoms with Crippen molar-refractivity contribution < 1.29 is 0 Å². The zero-order chi connectivity index (χ0) is 14.7. The lowest BCUT2D eigenvalue weighted by Gasteiger charge is -2.05. The van der Waals surface area contributed by atoms with Gasteiger partial charge in [-0.1, -0.05) is 12.1 Å². The van der Waals surface area contributed by atoms with Gasteiger partial charge in [0.05, 0.1) is 16.7 Å². The number of anilines is 1. The number of aromatic nitrogens is 4. The van der Waals surface area contributed by atoms with E-state index in [-0.39, 0.29) is 0 Å². The Balaban J connectivity index is 1.52. The first-order valence-electron chi connectivity index (χ1n) is 7.21. The van der Waals surface area contributed by atoms with E-state index in [1.165, 1.54) is 0 Å². The normalized spacial score (nSPS) is 11.0. The summed E-state index contributed by atoms with van der Waals surface area (Å²) in [5.41, 5.74) is 4.26. The van der Waals surface area contributed by atoms with Crippen LogP contribution in [0.3, 0.4) is 0 Å². The van der Waals surface area contributed by atoms with E-state index in [1.807, 2.05) is 38.1 Å². The maximum absolute atomic E-state index is 4.57. The van der Waals surface area contributed by atoms with Gasteiger partial charge in [-0.3, -0.25) is 0 Å². The van der Waals surface area contributed by atoms with Crippen LogP contribution < -0.4 is 5.32 Å².